The second kappa shape index (κ2) is 8.03. The summed E-state index contributed by atoms with van der Waals surface area (Å²) in [6.45, 7) is 8.79. The summed E-state index contributed by atoms with van der Waals surface area (Å²) in [6.07, 6.45) is 3.36. The van der Waals surface area contributed by atoms with Crippen LogP contribution in [0.1, 0.15) is 24.9 Å². The van der Waals surface area contributed by atoms with Gasteiger partial charge in [-0.25, -0.2) is 0 Å². The zero-order chi connectivity index (χ0) is 14.4. The van der Waals surface area contributed by atoms with Crippen molar-refractivity contribution in [2.75, 3.05) is 45.5 Å². The highest BCUT2D eigenvalue weighted by Gasteiger charge is 2.23. The number of nitrogens with zero attached hydrogens (tertiary/aromatic N) is 2. The molecule has 0 bridgehead atoms. The molecule has 0 saturated carbocycles. The van der Waals surface area contributed by atoms with Gasteiger partial charge in [0.15, 0.2) is 0 Å². The van der Waals surface area contributed by atoms with Crippen molar-refractivity contribution < 1.29 is 0 Å². The van der Waals surface area contributed by atoms with Gasteiger partial charge in [0.05, 0.1) is 0 Å². The van der Waals surface area contributed by atoms with E-state index in [-0.39, 0.29) is 0 Å². The molecule has 1 aliphatic rings. The lowest BCUT2D eigenvalue weighted by Gasteiger charge is -2.39. The van der Waals surface area contributed by atoms with E-state index < -0.39 is 0 Å². The number of nitrogens with two attached hydrogens (primary N) is 1. The monoisotopic (exact) mass is 293 g/mol. The molecule has 0 spiro atoms. The van der Waals surface area contributed by atoms with Crippen LogP contribution in [0.5, 0.6) is 0 Å². The summed E-state index contributed by atoms with van der Waals surface area (Å²) in [5, 5.41) is 0. The normalized spacial score (nSPS) is 19.1. The predicted octanol–water partition coefficient (Wildman–Crippen LogP) is 2.44. The average molecular weight is 293 g/mol. The molecule has 1 atom stereocenters. The second-order valence-electron chi connectivity index (χ2n) is 5.40. The molecule has 0 aromatic heterocycles. The molecule has 1 aliphatic heterocycles. The van der Waals surface area contributed by atoms with Crippen LogP contribution < -0.4 is 5.73 Å². The first-order valence-corrected chi connectivity index (χ1v) is 8.81. The molecule has 1 unspecified atom stereocenters. The fourth-order valence-electron chi connectivity index (χ4n) is 2.94. The highest BCUT2D eigenvalue weighted by molar-refractivity contribution is 7.98. The Bertz CT molecular complexity index is 385. The predicted molar refractivity (Wildman–Crippen MR) is 88.3 cm³/mol. The molecule has 4 heteroatoms. The van der Waals surface area contributed by atoms with Gasteiger partial charge in [0, 0.05) is 43.7 Å². The lowest BCUT2D eigenvalue weighted by atomic mass is 10.0. The molecule has 3 nitrogen and oxygen atoms in total. The van der Waals surface area contributed by atoms with Crippen LogP contribution in [0, 0.1) is 0 Å². The van der Waals surface area contributed by atoms with Crippen molar-refractivity contribution >= 4 is 11.8 Å². The Morgan fingerprint density at radius 1 is 1.15 bits per heavy atom. The largest absolute Gasteiger partial charge is 0.329 e. The summed E-state index contributed by atoms with van der Waals surface area (Å²) < 4.78 is 0. The average Bonchev–Trinajstić information content (AvgIpc) is 2.51. The Hall–Kier alpha value is -0.550. The van der Waals surface area contributed by atoms with Crippen molar-refractivity contribution in [2.24, 2.45) is 5.73 Å². The van der Waals surface area contributed by atoms with E-state index in [4.69, 9.17) is 5.73 Å². The molecule has 1 fully saturated rings. The molecule has 1 heterocycles. The van der Waals surface area contributed by atoms with E-state index in [1.165, 1.54) is 36.5 Å². The van der Waals surface area contributed by atoms with E-state index >= 15 is 0 Å². The van der Waals surface area contributed by atoms with Gasteiger partial charge in [-0.3, -0.25) is 4.90 Å². The highest BCUT2D eigenvalue weighted by atomic mass is 32.2. The van der Waals surface area contributed by atoms with Crippen LogP contribution in [0.25, 0.3) is 0 Å². The molecular weight excluding hydrogens is 266 g/mol. The lowest BCUT2D eigenvalue weighted by Crippen LogP contribution is -2.49. The molecule has 1 saturated heterocycles. The molecule has 1 aromatic carbocycles. The van der Waals surface area contributed by atoms with E-state index in [1.54, 1.807) is 11.8 Å². The zero-order valence-corrected chi connectivity index (χ0v) is 13.5. The molecule has 20 heavy (non-hydrogen) atoms. The summed E-state index contributed by atoms with van der Waals surface area (Å²) in [6, 6.07) is 9.25. The highest BCUT2D eigenvalue weighted by Crippen LogP contribution is 2.24. The van der Waals surface area contributed by atoms with Crippen LogP contribution >= 0.6 is 11.8 Å². The van der Waals surface area contributed by atoms with Gasteiger partial charge >= 0.3 is 0 Å². The van der Waals surface area contributed by atoms with Gasteiger partial charge in [-0.05, 0) is 36.9 Å². The first-order valence-electron chi connectivity index (χ1n) is 7.59. The summed E-state index contributed by atoms with van der Waals surface area (Å²) >= 11 is 1.79. The van der Waals surface area contributed by atoms with Crippen molar-refractivity contribution in [1.29, 1.82) is 0 Å². The third kappa shape index (κ3) is 3.98. The van der Waals surface area contributed by atoms with Crippen LogP contribution in [0.2, 0.25) is 0 Å². The van der Waals surface area contributed by atoms with Crippen LogP contribution in [0.4, 0.5) is 0 Å². The van der Waals surface area contributed by atoms with Gasteiger partial charge in [0.2, 0.25) is 0 Å². The summed E-state index contributed by atoms with van der Waals surface area (Å²) in [7, 11) is 0. The van der Waals surface area contributed by atoms with E-state index in [0.717, 1.165) is 13.1 Å². The molecule has 0 aliphatic carbocycles. The minimum absolute atomic E-state index is 0.370. The van der Waals surface area contributed by atoms with Crippen molar-refractivity contribution in [1.82, 2.24) is 9.80 Å². The molecular formula is C16H27N3S. The zero-order valence-electron chi connectivity index (χ0n) is 12.7. The number of benzene rings is 1. The summed E-state index contributed by atoms with van der Waals surface area (Å²) in [4.78, 5) is 6.42. The molecule has 1 aromatic rings. The Morgan fingerprint density at radius 2 is 1.80 bits per heavy atom. The fourth-order valence-corrected chi connectivity index (χ4v) is 3.35. The summed E-state index contributed by atoms with van der Waals surface area (Å²) in [5.74, 6) is 0. The van der Waals surface area contributed by atoms with Gasteiger partial charge in [-0.15, -0.1) is 11.8 Å². The maximum absolute atomic E-state index is 6.04. The van der Waals surface area contributed by atoms with Crippen molar-refractivity contribution in [2.45, 2.75) is 24.3 Å². The van der Waals surface area contributed by atoms with Gasteiger partial charge in [0.1, 0.15) is 0 Å². The third-order valence-electron chi connectivity index (χ3n) is 4.11. The van der Waals surface area contributed by atoms with E-state index in [2.05, 4.69) is 47.2 Å². The minimum Gasteiger partial charge on any atom is -0.329 e. The molecule has 0 amide bonds. The second-order valence-corrected chi connectivity index (χ2v) is 6.28. The topological polar surface area (TPSA) is 32.5 Å². The van der Waals surface area contributed by atoms with Crippen molar-refractivity contribution in [3.63, 3.8) is 0 Å². The van der Waals surface area contributed by atoms with Gasteiger partial charge in [-0.1, -0.05) is 19.1 Å². The Labute approximate surface area is 127 Å². The van der Waals surface area contributed by atoms with Crippen LogP contribution in [0.15, 0.2) is 29.2 Å². The van der Waals surface area contributed by atoms with E-state index in [9.17, 15) is 0 Å². The number of hydrogen-bond acceptors (Lipinski definition) is 4. The van der Waals surface area contributed by atoms with Crippen LogP contribution in [0.3, 0.4) is 0 Å². The van der Waals surface area contributed by atoms with E-state index in [1.807, 2.05) is 0 Å². The maximum atomic E-state index is 6.04. The smallest absolute Gasteiger partial charge is 0.0471 e. The first-order chi connectivity index (χ1) is 9.78. The number of piperazine rings is 1. The number of thioether (sulfide) groups is 1. The molecule has 2 rings (SSSR count). The van der Waals surface area contributed by atoms with Gasteiger partial charge in [0.25, 0.3) is 0 Å². The SMILES string of the molecule is CCCN1CCN(C(CN)c2ccc(SC)cc2)CC1. The Kier molecular flexibility index (Phi) is 6.36. The number of rotatable bonds is 6. The molecule has 0 radical (unpaired) electrons. The van der Waals surface area contributed by atoms with Gasteiger partial charge < -0.3 is 10.6 Å². The summed E-state index contributed by atoms with van der Waals surface area (Å²) in [5.41, 5.74) is 7.39. The third-order valence-corrected chi connectivity index (χ3v) is 4.85. The maximum Gasteiger partial charge on any atom is 0.0471 e. The van der Waals surface area contributed by atoms with E-state index in [0.29, 0.717) is 12.6 Å². The fraction of sp³-hybridized carbons (Fsp3) is 0.625. The van der Waals surface area contributed by atoms with Gasteiger partial charge in [-0.2, -0.15) is 0 Å². The first kappa shape index (κ1) is 15.8. The van der Waals surface area contributed by atoms with Crippen LogP contribution in [-0.2, 0) is 0 Å². The van der Waals surface area contributed by atoms with Crippen molar-refractivity contribution in [3.8, 4) is 0 Å². The quantitative estimate of drug-likeness (QED) is 0.817. The number of hydrogen-bond donors (Lipinski definition) is 1. The lowest BCUT2D eigenvalue weighted by molar-refractivity contribution is 0.0985. The Balaban J connectivity index is 1.97. The minimum atomic E-state index is 0.370. The van der Waals surface area contributed by atoms with Crippen molar-refractivity contribution in [3.05, 3.63) is 29.8 Å². The molecule has 2 N–H and O–H groups in total. The Morgan fingerprint density at radius 3 is 2.30 bits per heavy atom. The van der Waals surface area contributed by atoms with Crippen LogP contribution in [-0.4, -0.2) is 55.3 Å². The molecule has 112 valence electrons. The standard InChI is InChI=1S/C16H27N3S/c1-3-8-18-9-11-19(12-10-18)16(13-17)14-4-6-15(20-2)7-5-14/h4-7,16H,3,8-13,17H2,1-2H3.